The van der Waals surface area contributed by atoms with Crippen LogP contribution in [-0.2, 0) is 27.2 Å². The first kappa shape index (κ1) is 42.4. The fraction of sp³-hybridized carbons (Fsp3) is 0.619. The van der Waals surface area contributed by atoms with Crippen molar-refractivity contribution >= 4 is 36.4 Å². The highest BCUT2D eigenvalue weighted by molar-refractivity contribution is 7.98. The first-order valence-corrected chi connectivity index (χ1v) is 22.9. The number of aromatic nitrogens is 2. The first-order chi connectivity index (χ1) is 25.8. The number of hydrogen-bond acceptors (Lipinski definition) is 10. The molecule has 0 bridgehead atoms. The number of aliphatic hydroxyl groups is 2. The van der Waals surface area contributed by atoms with Crippen LogP contribution in [0.15, 0.2) is 29.4 Å². The summed E-state index contributed by atoms with van der Waals surface area (Å²) in [7, 11) is -0.680. The lowest BCUT2D eigenvalue weighted by Crippen LogP contribution is -2.50. The molecule has 1 aromatic heterocycles. The first-order valence-electron chi connectivity index (χ1n) is 19.4. The number of aliphatic hydroxyl groups excluding tert-OH is 2. The number of thioether (sulfide) groups is 1. The van der Waals surface area contributed by atoms with Crippen LogP contribution in [-0.4, -0.2) is 80.0 Å². The van der Waals surface area contributed by atoms with Crippen LogP contribution in [0.2, 0.25) is 16.6 Å². The minimum atomic E-state index is -2.22. The SMILES string of the molecule is COCOc1cc(C(O)Cc2nc(SC)nc(N3CCCC(C)(OC4CCCCO4)C3)c2CO)c2c(C#C[Si](C(C)C)(C(C)C)C(C)C)c(F)ccc2c1. The van der Waals surface area contributed by atoms with E-state index in [0.717, 1.165) is 38.6 Å². The van der Waals surface area contributed by atoms with Gasteiger partial charge in [-0.25, -0.2) is 14.4 Å². The summed E-state index contributed by atoms with van der Waals surface area (Å²) in [6.45, 7) is 17.2. The molecule has 2 saturated heterocycles. The van der Waals surface area contributed by atoms with E-state index in [1.807, 2.05) is 12.3 Å². The number of nitrogens with zero attached hydrogens (tertiary/aromatic N) is 3. The van der Waals surface area contributed by atoms with E-state index in [1.54, 1.807) is 19.2 Å². The summed E-state index contributed by atoms with van der Waals surface area (Å²) >= 11 is 1.40. The molecule has 2 aliphatic rings. The van der Waals surface area contributed by atoms with E-state index in [-0.39, 0.29) is 31.7 Å². The third-order valence-electron chi connectivity index (χ3n) is 11.3. The molecule has 54 heavy (non-hydrogen) atoms. The summed E-state index contributed by atoms with van der Waals surface area (Å²) < 4.78 is 39.6. The molecule has 2 aliphatic heterocycles. The smallest absolute Gasteiger partial charge is 0.189 e. The summed E-state index contributed by atoms with van der Waals surface area (Å²) in [6, 6.07) is 6.71. The van der Waals surface area contributed by atoms with Crippen molar-refractivity contribution in [2.45, 2.75) is 133 Å². The van der Waals surface area contributed by atoms with Crippen LogP contribution in [0.1, 0.15) is 109 Å². The van der Waals surface area contributed by atoms with Crippen molar-refractivity contribution in [3.63, 3.8) is 0 Å². The molecule has 5 rings (SSSR count). The number of hydrogen-bond donors (Lipinski definition) is 2. The molecule has 2 fully saturated rings. The maximum atomic E-state index is 16.1. The number of rotatable bonds is 14. The number of halogens is 1. The van der Waals surface area contributed by atoms with Gasteiger partial charge in [-0.2, -0.15) is 0 Å². The second-order valence-corrected chi connectivity index (χ2v) is 22.3. The number of piperidine rings is 1. The number of ether oxygens (including phenoxy) is 4. The van der Waals surface area contributed by atoms with Gasteiger partial charge in [0.05, 0.1) is 29.6 Å². The van der Waals surface area contributed by atoms with Crippen LogP contribution < -0.4 is 9.64 Å². The van der Waals surface area contributed by atoms with Gasteiger partial charge < -0.3 is 34.1 Å². The highest BCUT2D eigenvalue weighted by Crippen LogP contribution is 2.42. The zero-order chi connectivity index (χ0) is 39.2. The molecule has 0 saturated carbocycles. The molecule has 2 aromatic carbocycles. The van der Waals surface area contributed by atoms with Gasteiger partial charge in [-0.15, -0.1) is 5.54 Å². The lowest BCUT2D eigenvalue weighted by atomic mass is 9.92. The maximum absolute atomic E-state index is 16.1. The second kappa shape index (κ2) is 18.5. The summed E-state index contributed by atoms with van der Waals surface area (Å²) in [4.78, 5) is 11.9. The van der Waals surface area contributed by atoms with Crippen LogP contribution >= 0.6 is 11.8 Å². The van der Waals surface area contributed by atoms with Crippen molar-refractivity contribution in [2.24, 2.45) is 0 Å². The Morgan fingerprint density at radius 1 is 1.09 bits per heavy atom. The molecular weight excluding hydrogens is 722 g/mol. The van der Waals surface area contributed by atoms with E-state index in [1.165, 1.54) is 17.8 Å². The van der Waals surface area contributed by atoms with Gasteiger partial charge in [0.1, 0.15) is 25.5 Å². The van der Waals surface area contributed by atoms with Crippen molar-refractivity contribution in [3.05, 3.63) is 52.5 Å². The molecule has 3 aromatic rings. The highest BCUT2D eigenvalue weighted by atomic mass is 32.2. The molecule has 0 aliphatic carbocycles. The van der Waals surface area contributed by atoms with E-state index in [2.05, 4.69) is 64.8 Å². The molecule has 3 atom stereocenters. The fourth-order valence-corrected chi connectivity index (χ4v) is 14.3. The fourth-order valence-electron chi connectivity index (χ4n) is 8.72. The number of benzene rings is 2. The van der Waals surface area contributed by atoms with Crippen LogP contribution in [0.25, 0.3) is 10.8 Å². The Morgan fingerprint density at radius 3 is 2.46 bits per heavy atom. The van der Waals surface area contributed by atoms with Gasteiger partial charge in [0.15, 0.2) is 18.2 Å². The minimum Gasteiger partial charge on any atom is -0.468 e. The maximum Gasteiger partial charge on any atom is 0.189 e. The normalized spacial score (nSPS) is 20.1. The van der Waals surface area contributed by atoms with Gasteiger partial charge in [0.2, 0.25) is 0 Å². The van der Waals surface area contributed by atoms with Gasteiger partial charge in [0.25, 0.3) is 0 Å². The number of fused-ring (bicyclic) bond motifs is 1. The average Bonchev–Trinajstić information content (AvgIpc) is 3.14. The third kappa shape index (κ3) is 9.26. The van der Waals surface area contributed by atoms with Crippen LogP contribution in [0.3, 0.4) is 0 Å². The van der Waals surface area contributed by atoms with Gasteiger partial charge in [-0.05, 0) is 91.1 Å². The van der Waals surface area contributed by atoms with Gasteiger partial charge in [0, 0.05) is 44.2 Å². The largest absolute Gasteiger partial charge is 0.468 e. The van der Waals surface area contributed by atoms with E-state index >= 15 is 4.39 Å². The van der Waals surface area contributed by atoms with E-state index < -0.39 is 25.6 Å². The Morgan fingerprint density at radius 2 is 1.83 bits per heavy atom. The summed E-state index contributed by atoms with van der Waals surface area (Å²) in [6.07, 6.45) is 5.37. The zero-order valence-corrected chi connectivity index (χ0v) is 35.4. The molecule has 3 heterocycles. The molecule has 296 valence electrons. The van der Waals surface area contributed by atoms with Crippen LogP contribution in [0.5, 0.6) is 5.75 Å². The Bertz CT molecular complexity index is 1790. The van der Waals surface area contributed by atoms with Gasteiger partial charge in [-0.3, -0.25) is 0 Å². The summed E-state index contributed by atoms with van der Waals surface area (Å²) in [5, 5.41) is 24.9. The molecule has 2 N–H and O–H groups in total. The Labute approximate surface area is 326 Å². The molecule has 12 heteroatoms. The van der Waals surface area contributed by atoms with E-state index in [4.69, 9.17) is 28.9 Å². The van der Waals surface area contributed by atoms with Crippen molar-refractivity contribution in [1.82, 2.24) is 9.97 Å². The number of methoxy groups -OCH3 is 1. The number of anilines is 1. The highest BCUT2D eigenvalue weighted by Gasteiger charge is 2.42. The topological polar surface area (TPSA) is 106 Å². The quantitative estimate of drug-likeness (QED) is 0.0543. The lowest BCUT2D eigenvalue weighted by Gasteiger charge is -2.43. The van der Waals surface area contributed by atoms with Crippen LogP contribution in [0, 0.1) is 17.3 Å². The second-order valence-electron chi connectivity index (χ2n) is 16.0. The van der Waals surface area contributed by atoms with Crippen molar-refractivity contribution in [3.8, 4) is 17.2 Å². The van der Waals surface area contributed by atoms with Crippen molar-refractivity contribution in [2.75, 3.05) is 44.8 Å². The van der Waals surface area contributed by atoms with Crippen molar-refractivity contribution < 1.29 is 33.6 Å². The Hall–Kier alpha value is -2.76. The minimum absolute atomic E-state index is 0.00649. The predicted molar refractivity (Wildman–Crippen MR) is 217 cm³/mol. The van der Waals surface area contributed by atoms with Crippen LogP contribution in [0.4, 0.5) is 10.2 Å². The molecule has 0 amide bonds. The monoisotopic (exact) mass is 781 g/mol. The molecule has 0 radical (unpaired) electrons. The van der Waals surface area contributed by atoms with E-state index in [0.29, 0.717) is 74.1 Å². The summed E-state index contributed by atoms with van der Waals surface area (Å²) in [5.41, 5.74) is 6.13. The molecule has 0 spiro atoms. The standard InChI is InChI=1S/C42H60FN3O6SSi/c1-27(2)54(28(3)4,29(5)6)20-16-32-35(43)15-14-30-21-31(51-26-49-8)22-33(39(30)32)37(48)23-36-34(24-47)40(45-41(44-36)53-9)46-18-12-17-42(7,25-46)52-38-13-10-11-19-50-38/h14-15,21-22,27-29,37-38,47-48H,10-13,17-19,23-26H2,1-9H3. The molecule has 3 unspecified atom stereocenters. The van der Waals surface area contributed by atoms with Gasteiger partial charge in [-0.1, -0.05) is 65.3 Å². The van der Waals surface area contributed by atoms with E-state index in [9.17, 15) is 10.2 Å². The lowest BCUT2D eigenvalue weighted by molar-refractivity contribution is -0.221. The van der Waals surface area contributed by atoms with Gasteiger partial charge >= 0.3 is 0 Å². The van der Waals surface area contributed by atoms with Crippen molar-refractivity contribution in [1.29, 1.82) is 0 Å². The Kier molecular flexibility index (Phi) is 14.5. The average molecular weight is 782 g/mol. The Balaban J connectivity index is 1.59. The zero-order valence-electron chi connectivity index (χ0n) is 33.6. The summed E-state index contributed by atoms with van der Waals surface area (Å²) in [5.74, 6) is 4.03. The third-order valence-corrected chi connectivity index (χ3v) is 18.2. The molecular formula is C42H60FN3O6SSi. The predicted octanol–water partition coefficient (Wildman–Crippen LogP) is 8.71. The molecule has 9 nitrogen and oxygen atoms in total.